The van der Waals surface area contributed by atoms with E-state index in [2.05, 4.69) is 9.97 Å². The first-order chi connectivity index (χ1) is 12.0. The minimum absolute atomic E-state index is 0.209. The molecule has 0 atom stereocenters. The molecule has 25 heavy (non-hydrogen) atoms. The van der Waals surface area contributed by atoms with E-state index < -0.39 is 11.8 Å². The lowest BCUT2D eigenvalue weighted by Gasteiger charge is -2.36. The van der Waals surface area contributed by atoms with Crippen LogP contribution < -0.4 is 9.64 Å². The zero-order valence-electron chi connectivity index (χ0n) is 13.7. The number of carbonyl (C=O) groups is 1. The summed E-state index contributed by atoms with van der Waals surface area (Å²) < 4.78 is 34.0. The van der Waals surface area contributed by atoms with Crippen LogP contribution in [-0.4, -0.2) is 54.1 Å². The maximum atomic E-state index is 14.5. The van der Waals surface area contributed by atoms with E-state index in [9.17, 15) is 13.6 Å². The largest absolute Gasteiger partial charge is 0.497 e. The van der Waals surface area contributed by atoms with Crippen molar-refractivity contribution in [1.82, 2.24) is 14.9 Å². The van der Waals surface area contributed by atoms with Crippen molar-refractivity contribution in [3.05, 3.63) is 48.4 Å². The van der Waals surface area contributed by atoms with Gasteiger partial charge in [-0.2, -0.15) is 8.78 Å². The predicted molar refractivity (Wildman–Crippen MR) is 87.7 cm³/mol. The van der Waals surface area contributed by atoms with Gasteiger partial charge < -0.3 is 14.5 Å². The highest BCUT2D eigenvalue weighted by molar-refractivity contribution is 5.85. The summed E-state index contributed by atoms with van der Waals surface area (Å²) in [6.07, 6.45) is 4.76. The maximum Gasteiger partial charge on any atom is 0.349 e. The number of anilines is 1. The van der Waals surface area contributed by atoms with Crippen LogP contribution in [0.3, 0.4) is 0 Å². The molecule has 1 amide bonds. The number of rotatable bonds is 4. The van der Waals surface area contributed by atoms with Crippen molar-refractivity contribution < 1.29 is 18.3 Å². The summed E-state index contributed by atoms with van der Waals surface area (Å²) in [6, 6.07) is 5.27. The number of nitrogens with zero attached hydrogens (tertiary/aromatic N) is 4. The molecule has 0 spiro atoms. The number of hydrogen-bond donors (Lipinski definition) is 0. The highest BCUT2D eigenvalue weighted by Gasteiger charge is 2.44. The number of methoxy groups -OCH3 is 1. The van der Waals surface area contributed by atoms with Gasteiger partial charge in [-0.25, -0.2) is 4.98 Å². The zero-order chi connectivity index (χ0) is 17.9. The number of alkyl halides is 2. The van der Waals surface area contributed by atoms with Crippen molar-refractivity contribution in [2.24, 2.45) is 0 Å². The first kappa shape index (κ1) is 17.1. The van der Waals surface area contributed by atoms with E-state index in [1.54, 1.807) is 18.6 Å². The summed E-state index contributed by atoms with van der Waals surface area (Å²) in [6.45, 7) is 1.29. The number of aromatic nitrogens is 2. The van der Waals surface area contributed by atoms with Crippen LogP contribution in [0.2, 0.25) is 0 Å². The van der Waals surface area contributed by atoms with Crippen LogP contribution in [0.1, 0.15) is 5.56 Å². The Bertz CT molecular complexity index is 717. The summed E-state index contributed by atoms with van der Waals surface area (Å²) in [7, 11) is 1.45. The molecule has 3 rings (SSSR count). The van der Waals surface area contributed by atoms with Crippen molar-refractivity contribution >= 4 is 11.7 Å². The SMILES string of the molecule is COc1ccc(C(F)(F)C(=O)N2CCN(c3cnccn3)CC2)cc1. The lowest BCUT2D eigenvalue weighted by atomic mass is 10.1. The molecule has 1 saturated heterocycles. The summed E-state index contributed by atoms with van der Waals surface area (Å²) in [5, 5.41) is 0. The molecule has 1 fully saturated rings. The third-order valence-corrected chi connectivity index (χ3v) is 4.16. The minimum atomic E-state index is -3.57. The van der Waals surface area contributed by atoms with Crippen molar-refractivity contribution in [2.45, 2.75) is 5.92 Å². The molecule has 0 saturated carbocycles. The fourth-order valence-electron chi connectivity index (χ4n) is 2.72. The van der Waals surface area contributed by atoms with Crippen LogP contribution in [0.25, 0.3) is 0 Å². The molecule has 0 unspecified atom stereocenters. The maximum absolute atomic E-state index is 14.5. The predicted octanol–water partition coefficient (Wildman–Crippen LogP) is 1.93. The Morgan fingerprint density at radius 3 is 2.36 bits per heavy atom. The number of hydrogen-bond acceptors (Lipinski definition) is 5. The summed E-state index contributed by atoms with van der Waals surface area (Å²) in [5.41, 5.74) is -0.338. The Hall–Kier alpha value is -2.77. The number of piperazine rings is 1. The number of halogens is 2. The molecule has 0 aliphatic carbocycles. The highest BCUT2D eigenvalue weighted by Crippen LogP contribution is 2.32. The molecule has 132 valence electrons. The van der Waals surface area contributed by atoms with Gasteiger partial charge in [0.25, 0.3) is 5.91 Å². The molecular weight excluding hydrogens is 330 g/mol. The molecular formula is C17H18F2N4O2. The summed E-state index contributed by atoms with van der Waals surface area (Å²) >= 11 is 0. The van der Waals surface area contributed by atoms with Gasteiger partial charge >= 0.3 is 5.92 Å². The Kier molecular flexibility index (Phi) is 4.78. The van der Waals surface area contributed by atoms with Gasteiger partial charge in [0.05, 0.1) is 13.3 Å². The van der Waals surface area contributed by atoms with Crippen LogP contribution >= 0.6 is 0 Å². The van der Waals surface area contributed by atoms with E-state index in [4.69, 9.17) is 4.74 Å². The fourth-order valence-corrected chi connectivity index (χ4v) is 2.72. The van der Waals surface area contributed by atoms with Gasteiger partial charge in [-0.15, -0.1) is 0 Å². The average Bonchev–Trinajstić information content (AvgIpc) is 2.68. The van der Waals surface area contributed by atoms with Crippen molar-refractivity contribution in [3.8, 4) is 5.75 Å². The minimum Gasteiger partial charge on any atom is -0.497 e. The third kappa shape index (κ3) is 3.52. The number of amides is 1. The Labute approximate surface area is 144 Å². The average molecular weight is 348 g/mol. The molecule has 1 aliphatic rings. The van der Waals surface area contributed by atoms with E-state index in [1.165, 1.54) is 36.3 Å². The number of benzene rings is 1. The van der Waals surface area contributed by atoms with Crippen LogP contribution in [-0.2, 0) is 10.7 Å². The monoisotopic (exact) mass is 348 g/mol. The van der Waals surface area contributed by atoms with E-state index in [0.717, 1.165) is 0 Å². The van der Waals surface area contributed by atoms with E-state index in [-0.39, 0.29) is 18.7 Å². The Morgan fingerprint density at radius 2 is 1.80 bits per heavy atom. The molecule has 2 heterocycles. The number of ether oxygens (including phenoxy) is 1. The molecule has 1 aliphatic heterocycles. The van der Waals surface area contributed by atoms with Gasteiger partial charge in [-0.05, 0) is 24.3 Å². The molecule has 8 heteroatoms. The fraction of sp³-hybridized carbons (Fsp3) is 0.353. The van der Waals surface area contributed by atoms with E-state index in [1.807, 2.05) is 4.90 Å². The second-order valence-electron chi connectivity index (χ2n) is 5.65. The van der Waals surface area contributed by atoms with Gasteiger partial charge in [0, 0.05) is 44.1 Å². The molecule has 6 nitrogen and oxygen atoms in total. The van der Waals surface area contributed by atoms with E-state index in [0.29, 0.717) is 24.7 Å². The smallest absolute Gasteiger partial charge is 0.349 e. The van der Waals surface area contributed by atoms with Gasteiger partial charge in [-0.1, -0.05) is 0 Å². The van der Waals surface area contributed by atoms with Crippen LogP contribution in [0.15, 0.2) is 42.9 Å². The molecule has 0 N–H and O–H groups in total. The first-order valence-corrected chi connectivity index (χ1v) is 7.85. The van der Waals surface area contributed by atoms with Gasteiger partial charge in [-0.3, -0.25) is 9.78 Å². The normalized spacial score (nSPS) is 15.2. The standard InChI is InChI=1S/C17H18F2N4O2/c1-25-14-4-2-13(3-5-14)17(18,19)16(24)23-10-8-22(9-11-23)15-12-20-6-7-21-15/h2-7,12H,8-11H2,1H3. The van der Waals surface area contributed by atoms with E-state index >= 15 is 0 Å². The van der Waals surface area contributed by atoms with Crippen molar-refractivity contribution in [3.63, 3.8) is 0 Å². The van der Waals surface area contributed by atoms with Crippen LogP contribution in [0.5, 0.6) is 5.75 Å². The lowest BCUT2D eigenvalue weighted by molar-refractivity contribution is -0.159. The first-order valence-electron chi connectivity index (χ1n) is 7.85. The highest BCUT2D eigenvalue weighted by atomic mass is 19.3. The zero-order valence-corrected chi connectivity index (χ0v) is 13.7. The van der Waals surface area contributed by atoms with Gasteiger partial charge in [0.2, 0.25) is 0 Å². The quantitative estimate of drug-likeness (QED) is 0.845. The summed E-state index contributed by atoms with van der Waals surface area (Å²) in [5.74, 6) is -3.61. The van der Waals surface area contributed by atoms with Gasteiger partial charge in [0.1, 0.15) is 11.6 Å². The van der Waals surface area contributed by atoms with Gasteiger partial charge in [0.15, 0.2) is 0 Å². The van der Waals surface area contributed by atoms with Crippen molar-refractivity contribution in [1.29, 1.82) is 0 Å². The molecule has 0 bridgehead atoms. The topological polar surface area (TPSA) is 58.6 Å². The molecule has 1 aromatic heterocycles. The van der Waals surface area contributed by atoms with Crippen LogP contribution in [0.4, 0.5) is 14.6 Å². The summed E-state index contributed by atoms with van der Waals surface area (Å²) in [4.78, 5) is 23.6. The second kappa shape index (κ2) is 7.00. The molecule has 2 aromatic rings. The third-order valence-electron chi connectivity index (χ3n) is 4.16. The molecule has 0 radical (unpaired) electrons. The Balaban J connectivity index is 1.66. The molecule has 1 aromatic carbocycles. The second-order valence-corrected chi connectivity index (χ2v) is 5.65. The van der Waals surface area contributed by atoms with Crippen molar-refractivity contribution in [2.75, 3.05) is 38.2 Å². The lowest BCUT2D eigenvalue weighted by Crippen LogP contribution is -2.52. The van der Waals surface area contributed by atoms with Crippen LogP contribution in [0, 0.1) is 0 Å². The number of carbonyl (C=O) groups excluding carboxylic acids is 1. The Morgan fingerprint density at radius 1 is 1.12 bits per heavy atom.